The molecule has 0 aliphatic carbocycles. The number of aromatic nitrogens is 4. The van der Waals surface area contributed by atoms with Crippen molar-refractivity contribution >= 4 is 17.0 Å². The molecule has 43 heavy (non-hydrogen) atoms. The lowest BCUT2D eigenvalue weighted by molar-refractivity contribution is -0.155. The number of fused-ring (bicyclic) bond motifs is 1. The number of carbonyl (C=O) groups is 1. The Morgan fingerprint density at radius 2 is 1.88 bits per heavy atom. The van der Waals surface area contributed by atoms with Crippen molar-refractivity contribution in [3.63, 3.8) is 0 Å². The molecule has 6 rings (SSSR count). The molecule has 5 aromatic rings. The molecule has 1 N–H and O–H groups in total. The molecular formula is C29H21F5N4O5. The van der Waals surface area contributed by atoms with Crippen LogP contribution in [0.15, 0.2) is 59.1 Å². The minimum absolute atomic E-state index is 0.0182. The molecule has 0 unspecified atom stereocenters. The highest BCUT2D eigenvalue weighted by molar-refractivity contribution is 5.92. The maximum Gasteiger partial charge on any atom is 0.452 e. The van der Waals surface area contributed by atoms with Gasteiger partial charge in [-0.15, -0.1) is 0 Å². The Balaban J connectivity index is 1.25. The quantitative estimate of drug-likeness (QED) is 0.204. The molecule has 0 radical (unpaired) electrons. The van der Waals surface area contributed by atoms with Gasteiger partial charge in [0, 0.05) is 30.7 Å². The summed E-state index contributed by atoms with van der Waals surface area (Å²) < 4.78 is 85.9. The first-order valence-corrected chi connectivity index (χ1v) is 13.0. The average molecular weight is 600 g/mol. The summed E-state index contributed by atoms with van der Waals surface area (Å²) in [6.07, 6.45) is -4.08. The third-order valence-corrected chi connectivity index (χ3v) is 6.94. The van der Waals surface area contributed by atoms with E-state index >= 15 is 8.78 Å². The summed E-state index contributed by atoms with van der Waals surface area (Å²) in [4.78, 5) is 20.2. The number of hydrogen-bond donors (Lipinski definition) is 1. The highest BCUT2D eigenvalue weighted by Gasteiger charge is 2.36. The number of pyridine rings is 1. The van der Waals surface area contributed by atoms with Gasteiger partial charge in [0.15, 0.2) is 0 Å². The van der Waals surface area contributed by atoms with Crippen molar-refractivity contribution in [3.8, 4) is 17.1 Å². The number of aromatic carboxylic acids is 1. The molecule has 0 saturated carbocycles. The van der Waals surface area contributed by atoms with Crippen LogP contribution in [0.3, 0.4) is 0 Å². The van der Waals surface area contributed by atoms with Crippen LogP contribution in [0.25, 0.3) is 22.3 Å². The van der Waals surface area contributed by atoms with Gasteiger partial charge in [0.05, 0.1) is 34.9 Å². The van der Waals surface area contributed by atoms with E-state index < -0.39 is 36.1 Å². The van der Waals surface area contributed by atoms with E-state index in [2.05, 4.69) is 19.6 Å². The molecule has 222 valence electrons. The second-order valence-electron chi connectivity index (χ2n) is 9.86. The van der Waals surface area contributed by atoms with Crippen molar-refractivity contribution < 1.29 is 45.8 Å². The van der Waals surface area contributed by atoms with Crippen molar-refractivity contribution in [1.29, 1.82) is 0 Å². The fourth-order valence-electron chi connectivity index (χ4n) is 4.67. The molecule has 9 nitrogen and oxygen atoms in total. The zero-order valence-corrected chi connectivity index (χ0v) is 22.1. The van der Waals surface area contributed by atoms with Crippen LogP contribution in [0.5, 0.6) is 5.88 Å². The highest BCUT2D eigenvalue weighted by Crippen LogP contribution is 2.31. The highest BCUT2D eigenvalue weighted by atomic mass is 19.4. The third kappa shape index (κ3) is 5.91. The zero-order valence-electron chi connectivity index (χ0n) is 22.1. The van der Waals surface area contributed by atoms with E-state index in [4.69, 9.17) is 9.47 Å². The molecule has 1 fully saturated rings. The van der Waals surface area contributed by atoms with Gasteiger partial charge in [0.1, 0.15) is 29.8 Å². The molecule has 3 aromatic heterocycles. The van der Waals surface area contributed by atoms with Gasteiger partial charge in [-0.25, -0.2) is 23.5 Å². The van der Waals surface area contributed by atoms with E-state index in [1.54, 1.807) is 10.6 Å². The summed E-state index contributed by atoms with van der Waals surface area (Å²) >= 11 is 0. The largest absolute Gasteiger partial charge is 0.478 e. The number of rotatable bonds is 9. The molecule has 1 aliphatic heterocycles. The number of hydrogen-bond acceptors (Lipinski definition) is 7. The van der Waals surface area contributed by atoms with Crippen LogP contribution in [0.4, 0.5) is 22.0 Å². The van der Waals surface area contributed by atoms with Crippen LogP contribution in [0, 0.1) is 11.6 Å². The predicted molar refractivity (Wildman–Crippen MR) is 139 cm³/mol. The normalized spacial score (nSPS) is 15.0. The van der Waals surface area contributed by atoms with Gasteiger partial charge in [-0.2, -0.15) is 13.2 Å². The Labute approximate surface area is 239 Å². The average Bonchev–Trinajstić information content (AvgIpc) is 3.56. The lowest BCUT2D eigenvalue weighted by atomic mass is 10.0. The SMILES string of the molecule is O=C(O)c1ccc2nc(Cc3cc(F)c(-c4cccc(OCc5cc(C(F)(F)F)on5)n4)cc3F)n(C[C@@H]3CCO3)c2c1. The van der Waals surface area contributed by atoms with E-state index in [1.165, 1.54) is 30.3 Å². The Morgan fingerprint density at radius 1 is 1.07 bits per heavy atom. The Hall–Kier alpha value is -4.85. The molecule has 1 aliphatic rings. The van der Waals surface area contributed by atoms with Crippen molar-refractivity contribution in [2.24, 2.45) is 0 Å². The number of imidazole rings is 1. The van der Waals surface area contributed by atoms with Crippen molar-refractivity contribution in [3.05, 3.63) is 94.6 Å². The van der Waals surface area contributed by atoms with E-state index in [-0.39, 0.29) is 46.5 Å². The first kappa shape index (κ1) is 28.3. The van der Waals surface area contributed by atoms with Crippen LogP contribution in [0.1, 0.15) is 39.6 Å². The molecular weight excluding hydrogens is 579 g/mol. The van der Waals surface area contributed by atoms with Crippen molar-refractivity contribution in [2.75, 3.05) is 6.61 Å². The minimum Gasteiger partial charge on any atom is -0.478 e. The summed E-state index contributed by atoms with van der Waals surface area (Å²) in [6.45, 7) is 0.583. The molecule has 2 aromatic carbocycles. The van der Waals surface area contributed by atoms with E-state index in [9.17, 15) is 23.1 Å². The Kier molecular flexibility index (Phi) is 7.30. The first-order chi connectivity index (χ1) is 20.5. The second kappa shape index (κ2) is 11.1. The van der Waals surface area contributed by atoms with Crippen LogP contribution in [-0.2, 0) is 30.5 Å². The number of benzene rings is 2. The topological polar surface area (TPSA) is 113 Å². The van der Waals surface area contributed by atoms with Gasteiger partial charge < -0.3 is 23.7 Å². The van der Waals surface area contributed by atoms with Gasteiger partial charge in [-0.1, -0.05) is 11.2 Å². The van der Waals surface area contributed by atoms with E-state index in [1.807, 2.05) is 0 Å². The summed E-state index contributed by atoms with van der Waals surface area (Å²) in [7, 11) is 0. The number of carboxylic acid groups (broad SMARTS) is 1. The lowest BCUT2D eigenvalue weighted by Gasteiger charge is -2.27. The fourth-order valence-corrected chi connectivity index (χ4v) is 4.67. The number of nitrogens with zero attached hydrogens (tertiary/aromatic N) is 4. The van der Waals surface area contributed by atoms with Crippen LogP contribution < -0.4 is 4.74 Å². The molecule has 1 saturated heterocycles. The standard InChI is InChI=1S/C29H21F5N4O5/c30-20-12-19(22-2-1-3-27(36-22)42-14-17-11-25(43-37-17)29(32,33)34)21(31)8-16(20)10-26-35-23-5-4-15(28(39)40)9-24(23)38(26)13-18-6-7-41-18/h1-5,8-9,11-12,18H,6-7,10,13-14H2,(H,39,40)/t18-/m0/s1. The fraction of sp³-hybridized carbons (Fsp3) is 0.241. The van der Waals surface area contributed by atoms with Crippen LogP contribution in [0.2, 0.25) is 0 Å². The van der Waals surface area contributed by atoms with E-state index in [0.717, 1.165) is 18.6 Å². The third-order valence-electron chi connectivity index (χ3n) is 6.94. The maximum absolute atomic E-state index is 15.4. The van der Waals surface area contributed by atoms with Gasteiger partial charge >= 0.3 is 12.1 Å². The molecule has 1 atom stereocenters. The Bertz CT molecular complexity index is 1830. The number of alkyl halides is 3. The maximum atomic E-state index is 15.4. The molecule has 0 amide bonds. The van der Waals surface area contributed by atoms with Gasteiger partial charge in [-0.05, 0) is 48.4 Å². The van der Waals surface area contributed by atoms with Crippen LogP contribution in [-0.4, -0.2) is 43.5 Å². The number of carboxylic acids is 1. The summed E-state index contributed by atoms with van der Waals surface area (Å²) in [5.74, 6) is -3.51. The zero-order chi connectivity index (χ0) is 30.3. The monoisotopic (exact) mass is 600 g/mol. The molecule has 4 heterocycles. The van der Waals surface area contributed by atoms with Crippen molar-refractivity contribution in [2.45, 2.75) is 38.3 Å². The minimum atomic E-state index is -4.70. The van der Waals surface area contributed by atoms with Gasteiger partial charge in [0.25, 0.3) is 0 Å². The summed E-state index contributed by atoms with van der Waals surface area (Å²) in [5.41, 5.74) is 0.895. The number of ether oxygens (including phenoxy) is 2. The predicted octanol–water partition coefficient (Wildman–Crippen LogP) is 6.04. The summed E-state index contributed by atoms with van der Waals surface area (Å²) in [6, 6.07) is 11.5. The second-order valence-corrected chi connectivity index (χ2v) is 9.86. The lowest BCUT2D eigenvalue weighted by Crippen LogP contribution is -2.31. The Morgan fingerprint density at radius 3 is 2.58 bits per heavy atom. The molecule has 0 bridgehead atoms. The smallest absolute Gasteiger partial charge is 0.452 e. The first-order valence-electron chi connectivity index (χ1n) is 13.0. The number of halogens is 5. The molecule has 0 spiro atoms. The van der Waals surface area contributed by atoms with Crippen LogP contribution >= 0.6 is 0 Å². The summed E-state index contributed by atoms with van der Waals surface area (Å²) in [5, 5.41) is 12.7. The van der Waals surface area contributed by atoms with E-state index in [0.29, 0.717) is 36.1 Å². The van der Waals surface area contributed by atoms with Gasteiger partial charge in [-0.3, -0.25) is 0 Å². The van der Waals surface area contributed by atoms with Crippen molar-refractivity contribution in [1.82, 2.24) is 19.7 Å². The van der Waals surface area contributed by atoms with Gasteiger partial charge in [0.2, 0.25) is 11.6 Å². The molecule has 14 heteroatoms.